The third-order valence-electron chi connectivity index (χ3n) is 2.37. The summed E-state index contributed by atoms with van der Waals surface area (Å²) in [4.78, 5) is 1.11. The molecular formula is C13H13N3OS. The molecule has 1 heterocycles. The average Bonchev–Trinajstić information content (AvgIpc) is 2.80. The maximum Gasteiger partial charge on any atom is 0.174 e. The number of anilines is 2. The topological polar surface area (TPSA) is 71.1 Å². The van der Waals surface area contributed by atoms with Gasteiger partial charge in [-0.1, -0.05) is 6.07 Å². The fraction of sp³-hybridized carbons (Fsp3) is 0.154. The van der Waals surface area contributed by atoms with Crippen molar-refractivity contribution in [2.24, 2.45) is 0 Å². The largest absolute Gasteiger partial charge is 0.479 e. The summed E-state index contributed by atoms with van der Waals surface area (Å²) < 4.78 is 5.23. The molecule has 0 fully saturated rings. The summed E-state index contributed by atoms with van der Waals surface area (Å²) in [5, 5.41) is 13.7. The van der Waals surface area contributed by atoms with E-state index in [-0.39, 0.29) is 6.61 Å². The second-order valence-electron chi connectivity index (χ2n) is 3.63. The number of thiophene rings is 1. The van der Waals surface area contributed by atoms with Crippen molar-refractivity contribution >= 4 is 22.7 Å². The Labute approximate surface area is 110 Å². The van der Waals surface area contributed by atoms with E-state index < -0.39 is 0 Å². The van der Waals surface area contributed by atoms with Crippen molar-refractivity contribution < 1.29 is 4.74 Å². The van der Waals surface area contributed by atoms with Crippen LogP contribution >= 0.6 is 11.3 Å². The zero-order chi connectivity index (χ0) is 12.8. The molecule has 0 aliphatic rings. The zero-order valence-corrected chi connectivity index (χ0v) is 10.5. The molecular weight excluding hydrogens is 246 g/mol. The van der Waals surface area contributed by atoms with Gasteiger partial charge in [-0.05, 0) is 23.6 Å². The highest BCUT2D eigenvalue weighted by Crippen LogP contribution is 2.22. The first kappa shape index (κ1) is 12.3. The molecule has 0 spiro atoms. The van der Waals surface area contributed by atoms with Crippen LogP contribution in [0, 0.1) is 11.3 Å². The maximum atomic E-state index is 8.45. The van der Waals surface area contributed by atoms with Gasteiger partial charge in [0.25, 0.3) is 0 Å². The summed E-state index contributed by atoms with van der Waals surface area (Å²) in [6.45, 7) is 0.743. The monoisotopic (exact) mass is 259 g/mol. The third-order valence-corrected chi connectivity index (χ3v) is 3.31. The molecule has 0 bridgehead atoms. The Morgan fingerprint density at radius 1 is 1.39 bits per heavy atom. The number of nitrogen functional groups attached to an aromatic ring is 1. The van der Waals surface area contributed by atoms with E-state index in [9.17, 15) is 0 Å². The molecule has 0 unspecified atom stereocenters. The molecule has 1 aromatic carbocycles. The minimum absolute atomic E-state index is 0.0569. The number of nitrogens with zero attached hydrogens (tertiary/aromatic N) is 1. The van der Waals surface area contributed by atoms with Crippen LogP contribution in [0.25, 0.3) is 0 Å². The second-order valence-corrected chi connectivity index (χ2v) is 4.63. The molecule has 0 aliphatic heterocycles. The summed E-state index contributed by atoms with van der Waals surface area (Å²) in [6, 6.07) is 11.3. The van der Waals surface area contributed by atoms with Gasteiger partial charge in [0.15, 0.2) is 6.61 Å². The standard InChI is InChI=1S/C13H13N3OS/c14-5-6-17-11-3-1-2-10(8-11)16-9-13-12(15)4-7-18-13/h1-4,7-8,16H,6,9,15H2. The van der Waals surface area contributed by atoms with Crippen molar-refractivity contribution in [1.29, 1.82) is 5.26 Å². The van der Waals surface area contributed by atoms with E-state index in [1.165, 1.54) is 0 Å². The van der Waals surface area contributed by atoms with E-state index in [2.05, 4.69) is 5.32 Å². The number of nitrogens with one attached hydrogen (secondary N) is 1. The highest BCUT2D eigenvalue weighted by molar-refractivity contribution is 7.10. The molecule has 4 nitrogen and oxygen atoms in total. The van der Waals surface area contributed by atoms with E-state index in [0.717, 1.165) is 16.3 Å². The number of nitriles is 1. The van der Waals surface area contributed by atoms with Crippen molar-refractivity contribution in [2.45, 2.75) is 6.54 Å². The lowest BCUT2D eigenvalue weighted by molar-refractivity contribution is 0.368. The lowest BCUT2D eigenvalue weighted by Gasteiger charge is -2.08. The van der Waals surface area contributed by atoms with Gasteiger partial charge in [-0.3, -0.25) is 0 Å². The molecule has 1 aromatic heterocycles. The van der Waals surface area contributed by atoms with Crippen LogP contribution in [0.3, 0.4) is 0 Å². The van der Waals surface area contributed by atoms with Gasteiger partial charge in [-0.25, -0.2) is 0 Å². The van der Waals surface area contributed by atoms with Crippen molar-refractivity contribution in [2.75, 3.05) is 17.7 Å². The van der Waals surface area contributed by atoms with Crippen LogP contribution in [0.4, 0.5) is 11.4 Å². The minimum Gasteiger partial charge on any atom is -0.479 e. The van der Waals surface area contributed by atoms with E-state index in [1.54, 1.807) is 11.3 Å². The summed E-state index contributed by atoms with van der Waals surface area (Å²) >= 11 is 1.63. The van der Waals surface area contributed by atoms with Crippen molar-refractivity contribution in [3.05, 3.63) is 40.6 Å². The summed E-state index contributed by atoms with van der Waals surface area (Å²) in [5.74, 6) is 0.681. The number of hydrogen-bond donors (Lipinski definition) is 2. The van der Waals surface area contributed by atoms with E-state index in [0.29, 0.717) is 12.3 Å². The molecule has 2 rings (SSSR count). The lowest BCUT2D eigenvalue weighted by Crippen LogP contribution is -2.00. The number of nitrogens with two attached hydrogens (primary N) is 1. The highest BCUT2D eigenvalue weighted by Gasteiger charge is 2.01. The van der Waals surface area contributed by atoms with Crippen LogP contribution in [0.5, 0.6) is 5.75 Å². The second kappa shape index (κ2) is 5.94. The van der Waals surface area contributed by atoms with Gasteiger partial charge in [0, 0.05) is 22.3 Å². The van der Waals surface area contributed by atoms with Gasteiger partial charge in [0.05, 0.1) is 6.54 Å². The first-order chi connectivity index (χ1) is 8.79. The Morgan fingerprint density at radius 2 is 2.28 bits per heavy atom. The Kier molecular flexibility index (Phi) is 4.05. The highest BCUT2D eigenvalue weighted by atomic mass is 32.1. The quantitative estimate of drug-likeness (QED) is 0.866. The average molecular weight is 259 g/mol. The van der Waals surface area contributed by atoms with Crippen LogP contribution in [0.1, 0.15) is 4.88 Å². The smallest absolute Gasteiger partial charge is 0.174 e. The van der Waals surface area contributed by atoms with Crippen LogP contribution in [0.2, 0.25) is 0 Å². The summed E-state index contributed by atoms with van der Waals surface area (Å²) in [7, 11) is 0. The van der Waals surface area contributed by atoms with Gasteiger partial charge in [-0.15, -0.1) is 11.3 Å². The minimum atomic E-state index is 0.0569. The molecule has 0 saturated carbocycles. The lowest BCUT2D eigenvalue weighted by atomic mass is 10.3. The Bertz CT molecular complexity index is 559. The summed E-state index contributed by atoms with van der Waals surface area (Å²) in [6.07, 6.45) is 0. The first-order valence-electron chi connectivity index (χ1n) is 5.45. The third kappa shape index (κ3) is 3.15. The molecule has 0 amide bonds. The molecule has 2 aromatic rings. The van der Waals surface area contributed by atoms with E-state index in [4.69, 9.17) is 15.7 Å². The predicted octanol–water partition coefficient (Wildman–Crippen LogP) is 2.84. The molecule has 18 heavy (non-hydrogen) atoms. The van der Waals surface area contributed by atoms with Crippen molar-refractivity contribution in [1.82, 2.24) is 0 Å². The molecule has 0 atom stereocenters. The van der Waals surface area contributed by atoms with Gasteiger partial charge in [-0.2, -0.15) is 5.26 Å². The number of hydrogen-bond acceptors (Lipinski definition) is 5. The number of ether oxygens (including phenoxy) is 1. The van der Waals surface area contributed by atoms with Crippen LogP contribution in [-0.4, -0.2) is 6.61 Å². The molecule has 3 N–H and O–H groups in total. The molecule has 0 saturated heterocycles. The molecule has 5 heteroatoms. The normalized spacial score (nSPS) is 9.72. The number of rotatable bonds is 5. The molecule has 92 valence electrons. The maximum absolute atomic E-state index is 8.45. The van der Waals surface area contributed by atoms with Crippen LogP contribution in [0.15, 0.2) is 35.7 Å². The van der Waals surface area contributed by atoms with Gasteiger partial charge < -0.3 is 15.8 Å². The van der Waals surface area contributed by atoms with Crippen LogP contribution < -0.4 is 15.8 Å². The predicted molar refractivity (Wildman–Crippen MR) is 73.6 cm³/mol. The zero-order valence-electron chi connectivity index (χ0n) is 9.72. The van der Waals surface area contributed by atoms with Gasteiger partial charge in [0.1, 0.15) is 11.8 Å². The summed E-state index contributed by atoms with van der Waals surface area (Å²) in [5.41, 5.74) is 7.56. The van der Waals surface area contributed by atoms with E-state index in [1.807, 2.05) is 41.8 Å². The Hall–Kier alpha value is -2.19. The number of benzene rings is 1. The van der Waals surface area contributed by atoms with Crippen molar-refractivity contribution in [3.8, 4) is 11.8 Å². The van der Waals surface area contributed by atoms with Crippen LogP contribution in [-0.2, 0) is 6.54 Å². The fourth-order valence-electron chi connectivity index (χ4n) is 1.49. The van der Waals surface area contributed by atoms with Gasteiger partial charge in [0.2, 0.25) is 0 Å². The molecule has 0 aliphatic carbocycles. The Morgan fingerprint density at radius 3 is 3.00 bits per heavy atom. The fourth-order valence-corrected chi connectivity index (χ4v) is 2.23. The Balaban J connectivity index is 1.97. The van der Waals surface area contributed by atoms with Crippen molar-refractivity contribution in [3.63, 3.8) is 0 Å². The van der Waals surface area contributed by atoms with E-state index >= 15 is 0 Å². The molecule has 0 radical (unpaired) electrons. The SMILES string of the molecule is N#CCOc1cccc(NCc2sccc2N)c1. The first-order valence-corrected chi connectivity index (χ1v) is 6.33. The van der Waals surface area contributed by atoms with Gasteiger partial charge >= 0.3 is 0 Å².